The number of nitrogens with two attached hydrogens (primary N) is 1. The molecule has 0 fully saturated rings. The number of nitrogens with one attached hydrogen (secondary N) is 1. The number of methoxy groups -OCH3 is 1. The molecule has 4 nitrogen and oxygen atoms in total. The molecular formula is C16H15ClN2O2. The molecule has 0 aliphatic heterocycles. The van der Waals surface area contributed by atoms with E-state index in [1.807, 2.05) is 42.5 Å². The molecule has 0 saturated heterocycles. The van der Waals surface area contributed by atoms with E-state index in [1.54, 1.807) is 13.2 Å². The van der Waals surface area contributed by atoms with E-state index in [2.05, 4.69) is 5.43 Å². The minimum Gasteiger partial charge on any atom is -0.497 e. The normalized spacial score (nSPS) is 12.5. The molecule has 21 heavy (non-hydrogen) atoms. The van der Waals surface area contributed by atoms with Gasteiger partial charge in [0.15, 0.2) is 0 Å². The molecule has 0 aliphatic rings. The molecule has 3 N–H and O–H groups in total. The number of hydrazine groups is 1. The van der Waals surface area contributed by atoms with Gasteiger partial charge in [0, 0.05) is 10.4 Å². The maximum Gasteiger partial charge on any atom is 0.134 e. The van der Waals surface area contributed by atoms with Crippen molar-refractivity contribution in [2.75, 3.05) is 7.11 Å². The van der Waals surface area contributed by atoms with Crippen LogP contribution in [0, 0.1) is 0 Å². The van der Waals surface area contributed by atoms with Gasteiger partial charge in [-0.15, -0.1) is 0 Å². The Morgan fingerprint density at radius 1 is 1.14 bits per heavy atom. The first kappa shape index (κ1) is 13.9. The first-order valence-corrected chi connectivity index (χ1v) is 6.88. The largest absolute Gasteiger partial charge is 0.497 e. The lowest BCUT2D eigenvalue weighted by Gasteiger charge is -2.14. The highest BCUT2D eigenvalue weighted by Crippen LogP contribution is 2.30. The first-order chi connectivity index (χ1) is 10.2. The molecule has 1 atom stereocenters. The number of ether oxygens (including phenoxy) is 1. The van der Waals surface area contributed by atoms with Crippen molar-refractivity contribution < 1.29 is 9.15 Å². The van der Waals surface area contributed by atoms with Crippen LogP contribution in [0.3, 0.4) is 0 Å². The summed E-state index contributed by atoms with van der Waals surface area (Å²) in [5.74, 6) is 7.22. The van der Waals surface area contributed by atoms with E-state index < -0.39 is 0 Å². The predicted octanol–water partition coefficient (Wildman–Crippen LogP) is 3.65. The van der Waals surface area contributed by atoms with Crippen LogP contribution in [0.2, 0.25) is 5.02 Å². The van der Waals surface area contributed by atoms with E-state index in [-0.39, 0.29) is 6.04 Å². The van der Waals surface area contributed by atoms with Gasteiger partial charge in [0.2, 0.25) is 0 Å². The molecule has 3 rings (SSSR count). The zero-order valence-corrected chi connectivity index (χ0v) is 12.2. The van der Waals surface area contributed by atoms with Gasteiger partial charge in [-0.25, -0.2) is 5.43 Å². The van der Waals surface area contributed by atoms with Crippen molar-refractivity contribution in [1.82, 2.24) is 5.43 Å². The Hall–Kier alpha value is -2.01. The number of benzene rings is 2. The Bertz CT molecular complexity index is 753. The van der Waals surface area contributed by atoms with Crippen molar-refractivity contribution in [2.45, 2.75) is 6.04 Å². The van der Waals surface area contributed by atoms with Gasteiger partial charge in [-0.3, -0.25) is 5.84 Å². The molecule has 0 aliphatic carbocycles. The Kier molecular flexibility index (Phi) is 3.84. The van der Waals surface area contributed by atoms with Crippen LogP contribution < -0.4 is 16.0 Å². The Balaban J connectivity index is 2.00. The summed E-state index contributed by atoms with van der Waals surface area (Å²) in [5.41, 5.74) is 4.55. The molecule has 108 valence electrons. The smallest absolute Gasteiger partial charge is 0.134 e. The van der Waals surface area contributed by atoms with E-state index in [4.69, 9.17) is 26.6 Å². The van der Waals surface area contributed by atoms with Crippen molar-refractivity contribution in [2.24, 2.45) is 5.84 Å². The third kappa shape index (κ3) is 2.74. The Morgan fingerprint density at radius 2 is 1.90 bits per heavy atom. The Morgan fingerprint density at radius 3 is 2.57 bits per heavy atom. The summed E-state index contributed by atoms with van der Waals surface area (Å²) in [4.78, 5) is 0. The first-order valence-electron chi connectivity index (χ1n) is 6.50. The maximum atomic E-state index is 6.00. The standard InChI is InChI=1S/C16H15ClN2O2/c1-20-13-5-2-10(3-6-13)16(19-18)15-9-11-8-12(17)4-7-14(11)21-15/h2-9,16,19H,18H2,1H3. The van der Waals surface area contributed by atoms with Crippen molar-refractivity contribution in [3.05, 3.63) is 64.9 Å². The number of rotatable bonds is 4. The van der Waals surface area contributed by atoms with Gasteiger partial charge in [0.1, 0.15) is 23.1 Å². The average Bonchev–Trinajstić information content (AvgIpc) is 2.91. The lowest BCUT2D eigenvalue weighted by Crippen LogP contribution is -2.28. The molecule has 2 aromatic carbocycles. The van der Waals surface area contributed by atoms with Crippen molar-refractivity contribution in [1.29, 1.82) is 0 Å². The number of fused-ring (bicyclic) bond motifs is 1. The molecule has 1 aromatic heterocycles. The molecule has 0 radical (unpaired) electrons. The second-order valence-electron chi connectivity index (χ2n) is 4.70. The molecule has 0 amide bonds. The van der Waals surface area contributed by atoms with Gasteiger partial charge in [0.25, 0.3) is 0 Å². The zero-order valence-electron chi connectivity index (χ0n) is 11.5. The lowest BCUT2D eigenvalue weighted by atomic mass is 10.0. The van der Waals surface area contributed by atoms with E-state index >= 15 is 0 Å². The van der Waals surface area contributed by atoms with E-state index in [1.165, 1.54) is 0 Å². The Labute approximate surface area is 127 Å². The van der Waals surface area contributed by atoms with Crippen molar-refractivity contribution in [3.8, 4) is 5.75 Å². The lowest BCUT2D eigenvalue weighted by molar-refractivity contribution is 0.414. The van der Waals surface area contributed by atoms with Crippen LogP contribution in [0.15, 0.2) is 52.9 Å². The highest BCUT2D eigenvalue weighted by Gasteiger charge is 2.17. The predicted molar refractivity (Wildman–Crippen MR) is 83.4 cm³/mol. The van der Waals surface area contributed by atoms with Crippen LogP contribution in [0.5, 0.6) is 5.75 Å². The maximum absolute atomic E-state index is 6.00. The number of hydrogen-bond donors (Lipinski definition) is 2. The molecule has 0 bridgehead atoms. The van der Waals surface area contributed by atoms with Crippen LogP contribution in [-0.4, -0.2) is 7.11 Å². The molecule has 0 saturated carbocycles. The second kappa shape index (κ2) is 5.77. The van der Waals surface area contributed by atoms with Gasteiger partial charge in [-0.05, 0) is 42.0 Å². The number of hydrogen-bond acceptors (Lipinski definition) is 4. The quantitative estimate of drug-likeness (QED) is 0.570. The fraction of sp³-hybridized carbons (Fsp3) is 0.125. The summed E-state index contributed by atoms with van der Waals surface area (Å²) < 4.78 is 11.0. The summed E-state index contributed by atoms with van der Waals surface area (Å²) in [6.07, 6.45) is 0. The van der Waals surface area contributed by atoms with Crippen LogP contribution in [0.1, 0.15) is 17.4 Å². The minimum absolute atomic E-state index is 0.234. The van der Waals surface area contributed by atoms with Gasteiger partial charge < -0.3 is 9.15 Å². The van der Waals surface area contributed by atoms with Gasteiger partial charge in [-0.2, -0.15) is 0 Å². The monoisotopic (exact) mass is 302 g/mol. The zero-order chi connectivity index (χ0) is 14.8. The fourth-order valence-corrected chi connectivity index (χ4v) is 2.50. The van der Waals surface area contributed by atoms with Crippen molar-refractivity contribution >= 4 is 22.6 Å². The average molecular weight is 303 g/mol. The van der Waals surface area contributed by atoms with Crippen LogP contribution in [0.4, 0.5) is 0 Å². The summed E-state index contributed by atoms with van der Waals surface area (Å²) >= 11 is 6.00. The third-order valence-electron chi connectivity index (χ3n) is 3.40. The minimum atomic E-state index is -0.234. The fourth-order valence-electron chi connectivity index (χ4n) is 2.32. The summed E-state index contributed by atoms with van der Waals surface area (Å²) in [6, 6.07) is 14.9. The van der Waals surface area contributed by atoms with E-state index in [0.29, 0.717) is 5.02 Å². The summed E-state index contributed by atoms with van der Waals surface area (Å²) in [7, 11) is 1.64. The molecular weight excluding hydrogens is 288 g/mol. The second-order valence-corrected chi connectivity index (χ2v) is 5.14. The highest BCUT2D eigenvalue weighted by molar-refractivity contribution is 6.31. The molecule has 1 heterocycles. The van der Waals surface area contributed by atoms with Crippen LogP contribution >= 0.6 is 11.6 Å². The topological polar surface area (TPSA) is 60.4 Å². The molecule has 1 unspecified atom stereocenters. The van der Waals surface area contributed by atoms with Gasteiger partial charge in [-0.1, -0.05) is 23.7 Å². The third-order valence-corrected chi connectivity index (χ3v) is 3.63. The van der Waals surface area contributed by atoms with E-state index in [9.17, 15) is 0 Å². The summed E-state index contributed by atoms with van der Waals surface area (Å²) in [6.45, 7) is 0. The van der Waals surface area contributed by atoms with E-state index in [0.717, 1.165) is 28.0 Å². The highest BCUT2D eigenvalue weighted by atomic mass is 35.5. The molecule has 3 aromatic rings. The van der Waals surface area contributed by atoms with Crippen LogP contribution in [0.25, 0.3) is 11.0 Å². The molecule has 0 spiro atoms. The van der Waals surface area contributed by atoms with Gasteiger partial charge in [0.05, 0.1) is 7.11 Å². The van der Waals surface area contributed by atoms with Gasteiger partial charge >= 0.3 is 0 Å². The SMILES string of the molecule is COc1ccc(C(NN)c2cc3cc(Cl)ccc3o2)cc1. The number of furan rings is 1. The van der Waals surface area contributed by atoms with Crippen LogP contribution in [-0.2, 0) is 0 Å². The van der Waals surface area contributed by atoms with Crippen molar-refractivity contribution in [3.63, 3.8) is 0 Å². The molecule has 5 heteroatoms. The number of halogens is 1. The summed E-state index contributed by atoms with van der Waals surface area (Å²) in [5, 5.41) is 1.63.